The van der Waals surface area contributed by atoms with Crippen LogP contribution in [-0.2, 0) is 14.8 Å². The van der Waals surface area contributed by atoms with Gasteiger partial charge >= 0.3 is 0 Å². The summed E-state index contributed by atoms with van der Waals surface area (Å²) in [6.45, 7) is 5.99. The predicted molar refractivity (Wildman–Crippen MR) is 109 cm³/mol. The number of nitrogens with zero attached hydrogens (tertiary/aromatic N) is 2. The van der Waals surface area contributed by atoms with E-state index in [9.17, 15) is 13.2 Å². The average molecular weight is 405 g/mol. The maximum absolute atomic E-state index is 13.0. The molecule has 1 amide bonds. The van der Waals surface area contributed by atoms with Gasteiger partial charge in [0.2, 0.25) is 15.9 Å². The lowest BCUT2D eigenvalue weighted by molar-refractivity contribution is -0.137. The molecule has 2 aliphatic carbocycles. The van der Waals surface area contributed by atoms with Crippen LogP contribution in [0.4, 0.5) is 0 Å². The molecule has 0 spiro atoms. The highest BCUT2D eigenvalue weighted by molar-refractivity contribution is 7.89. The molecule has 1 aromatic carbocycles. The van der Waals surface area contributed by atoms with Crippen LogP contribution in [0.3, 0.4) is 0 Å². The number of hydrogen-bond acceptors (Lipinski definition) is 3. The summed E-state index contributed by atoms with van der Waals surface area (Å²) >= 11 is 0. The van der Waals surface area contributed by atoms with Crippen LogP contribution in [-0.4, -0.2) is 49.2 Å². The molecule has 2 saturated carbocycles. The van der Waals surface area contributed by atoms with Crippen molar-refractivity contribution in [2.45, 2.75) is 69.2 Å². The third-order valence-electron chi connectivity index (χ3n) is 6.41. The Morgan fingerprint density at radius 1 is 1.04 bits per heavy atom. The van der Waals surface area contributed by atoms with Crippen LogP contribution >= 0.6 is 0 Å². The summed E-state index contributed by atoms with van der Waals surface area (Å²) < 4.78 is 27.5. The van der Waals surface area contributed by atoms with Crippen molar-refractivity contribution in [1.29, 1.82) is 0 Å². The molecule has 154 valence electrons. The summed E-state index contributed by atoms with van der Waals surface area (Å²) in [6.07, 6.45) is 6.05. The Balaban J connectivity index is 1.38. The van der Waals surface area contributed by atoms with E-state index < -0.39 is 10.0 Å². The molecule has 1 saturated heterocycles. The molecule has 28 heavy (non-hydrogen) atoms. The molecule has 1 aromatic rings. The highest BCUT2D eigenvalue weighted by Gasteiger charge is 2.40. The molecule has 0 N–H and O–H groups in total. The van der Waals surface area contributed by atoms with E-state index in [0.717, 1.165) is 24.9 Å². The van der Waals surface area contributed by atoms with Crippen molar-refractivity contribution < 1.29 is 13.2 Å². The molecule has 1 heterocycles. The normalized spacial score (nSPS) is 21.8. The van der Waals surface area contributed by atoms with E-state index in [0.29, 0.717) is 48.7 Å². The van der Waals surface area contributed by atoms with Crippen LogP contribution < -0.4 is 0 Å². The van der Waals surface area contributed by atoms with E-state index in [1.807, 2.05) is 12.1 Å². The van der Waals surface area contributed by atoms with Gasteiger partial charge in [0.05, 0.1) is 4.90 Å². The molecule has 0 radical (unpaired) electrons. The van der Waals surface area contributed by atoms with E-state index >= 15 is 0 Å². The van der Waals surface area contributed by atoms with E-state index in [2.05, 4.69) is 18.7 Å². The lowest BCUT2D eigenvalue weighted by Gasteiger charge is -2.34. The number of hydrogen-bond donors (Lipinski definition) is 0. The zero-order chi connectivity index (χ0) is 19.9. The first-order valence-corrected chi connectivity index (χ1v) is 12.2. The lowest BCUT2D eigenvalue weighted by Crippen LogP contribution is -2.45. The van der Waals surface area contributed by atoms with Gasteiger partial charge in [-0.1, -0.05) is 26.0 Å². The van der Waals surface area contributed by atoms with Crippen LogP contribution in [0, 0.1) is 11.8 Å². The third-order valence-corrected chi connectivity index (χ3v) is 8.32. The van der Waals surface area contributed by atoms with Crippen molar-refractivity contribution in [3.63, 3.8) is 0 Å². The fourth-order valence-corrected chi connectivity index (χ4v) is 5.60. The van der Waals surface area contributed by atoms with Gasteiger partial charge in [-0.3, -0.25) is 4.79 Å². The number of rotatable bonds is 7. The van der Waals surface area contributed by atoms with Gasteiger partial charge in [0, 0.05) is 31.6 Å². The molecule has 3 aliphatic rings. The van der Waals surface area contributed by atoms with Crippen LogP contribution in [0.15, 0.2) is 29.2 Å². The third kappa shape index (κ3) is 4.28. The molecule has 4 rings (SSSR count). The monoisotopic (exact) mass is 404 g/mol. The molecule has 6 heteroatoms. The zero-order valence-electron chi connectivity index (χ0n) is 17.0. The van der Waals surface area contributed by atoms with E-state index in [-0.39, 0.29) is 11.8 Å². The van der Waals surface area contributed by atoms with Crippen molar-refractivity contribution in [3.05, 3.63) is 29.8 Å². The van der Waals surface area contributed by atoms with E-state index in [4.69, 9.17) is 0 Å². The van der Waals surface area contributed by atoms with Gasteiger partial charge in [0.1, 0.15) is 0 Å². The number of carbonyl (C=O) groups is 1. The van der Waals surface area contributed by atoms with Gasteiger partial charge in [-0.05, 0) is 68.1 Å². The molecule has 3 fully saturated rings. The van der Waals surface area contributed by atoms with Crippen molar-refractivity contribution in [2.75, 3.05) is 19.6 Å². The molecule has 0 aromatic heterocycles. The fraction of sp³-hybridized carbons (Fsp3) is 0.682. The largest absolute Gasteiger partial charge is 0.339 e. The lowest BCUT2D eigenvalue weighted by atomic mass is 9.96. The Morgan fingerprint density at radius 3 is 2.14 bits per heavy atom. The van der Waals surface area contributed by atoms with Crippen LogP contribution in [0.5, 0.6) is 0 Å². The number of benzene rings is 1. The number of sulfonamides is 1. The highest BCUT2D eigenvalue weighted by atomic mass is 32.2. The van der Waals surface area contributed by atoms with Gasteiger partial charge < -0.3 is 4.90 Å². The summed E-state index contributed by atoms with van der Waals surface area (Å²) in [6, 6.07) is 7.69. The molecule has 1 aliphatic heterocycles. The zero-order valence-corrected chi connectivity index (χ0v) is 17.8. The summed E-state index contributed by atoms with van der Waals surface area (Å²) in [5.74, 6) is 1.34. The van der Waals surface area contributed by atoms with Gasteiger partial charge in [0.15, 0.2) is 0 Å². The summed E-state index contributed by atoms with van der Waals surface area (Å²) in [4.78, 5) is 15.5. The fourth-order valence-electron chi connectivity index (χ4n) is 4.14. The van der Waals surface area contributed by atoms with Crippen molar-refractivity contribution in [1.82, 2.24) is 9.21 Å². The predicted octanol–water partition coefficient (Wildman–Crippen LogP) is 3.61. The minimum Gasteiger partial charge on any atom is -0.339 e. The Kier molecular flexibility index (Phi) is 5.53. The standard InChI is InChI=1S/C22H32N2O3S/c1-16(2)18-5-9-21(10-6-18)28(26,27)23-13-11-19(12-14-23)22(25)24(20-7-8-20)15-17-3-4-17/h5-6,9-10,16-17,19-20H,3-4,7-8,11-15H2,1-2H3. The molecule has 5 nitrogen and oxygen atoms in total. The maximum Gasteiger partial charge on any atom is 0.243 e. The molecule has 0 bridgehead atoms. The quantitative estimate of drug-likeness (QED) is 0.697. The topological polar surface area (TPSA) is 57.7 Å². The Hall–Kier alpha value is -1.40. The second-order valence-electron chi connectivity index (χ2n) is 9.07. The van der Waals surface area contributed by atoms with Crippen LogP contribution in [0.1, 0.15) is 63.9 Å². The number of piperidine rings is 1. The molecular weight excluding hydrogens is 372 g/mol. The van der Waals surface area contributed by atoms with Gasteiger partial charge in [-0.15, -0.1) is 0 Å². The Bertz CT molecular complexity index is 803. The van der Waals surface area contributed by atoms with Crippen molar-refractivity contribution in [3.8, 4) is 0 Å². The molecular formula is C22H32N2O3S. The van der Waals surface area contributed by atoms with Gasteiger partial charge in [-0.25, -0.2) is 8.42 Å². The highest BCUT2D eigenvalue weighted by Crippen LogP contribution is 2.37. The molecule has 0 unspecified atom stereocenters. The first-order chi connectivity index (χ1) is 13.4. The second-order valence-corrected chi connectivity index (χ2v) is 11.0. The second kappa shape index (κ2) is 7.79. The summed E-state index contributed by atoms with van der Waals surface area (Å²) in [5, 5.41) is 0. The van der Waals surface area contributed by atoms with Crippen molar-refractivity contribution >= 4 is 15.9 Å². The summed E-state index contributed by atoms with van der Waals surface area (Å²) in [5.41, 5.74) is 1.14. The smallest absolute Gasteiger partial charge is 0.243 e. The van der Waals surface area contributed by atoms with Crippen LogP contribution in [0.2, 0.25) is 0 Å². The van der Waals surface area contributed by atoms with E-state index in [1.165, 1.54) is 12.8 Å². The number of carbonyl (C=O) groups excluding carboxylic acids is 1. The summed E-state index contributed by atoms with van der Waals surface area (Å²) in [7, 11) is -3.48. The number of amides is 1. The minimum atomic E-state index is -3.48. The Labute approximate surface area is 169 Å². The van der Waals surface area contributed by atoms with E-state index in [1.54, 1.807) is 16.4 Å². The van der Waals surface area contributed by atoms with Gasteiger partial charge in [0.25, 0.3) is 0 Å². The first-order valence-electron chi connectivity index (χ1n) is 10.8. The van der Waals surface area contributed by atoms with Crippen molar-refractivity contribution in [2.24, 2.45) is 11.8 Å². The minimum absolute atomic E-state index is 0.0193. The first kappa shape index (κ1) is 19.9. The maximum atomic E-state index is 13.0. The Morgan fingerprint density at radius 2 is 1.64 bits per heavy atom. The molecule has 0 atom stereocenters. The SMILES string of the molecule is CC(C)c1ccc(S(=O)(=O)N2CCC(C(=O)N(CC3CC3)C3CC3)CC2)cc1. The van der Waals surface area contributed by atoms with Gasteiger partial charge in [-0.2, -0.15) is 4.31 Å². The average Bonchev–Trinajstić information content (AvgIpc) is 3.60. The van der Waals surface area contributed by atoms with Crippen LogP contribution in [0.25, 0.3) is 0 Å².